The number of carbonyl (C=O) groups is 1. The zero-order valence-electron chi connectivity index (χ0n) is 13.9. The molecule has 1 aliphatic heterocycles. The number of benzene rings is 2. The first-order valence-corrected chi connectivity index (χ1v) is 9.08. The van der Waals surface area contributed by atoms with E-state index in [4.69, 9.17) is 9.47 Å². The number of hydrogen-bond acceptors (Lipinski definition) is 5. The average molecular weight is 437 g/mol. The van der Waals surface area contributed by atoms with E-state index in [0.717, 1.165) is 10.0 Å². The Kier molecular flexibility index (Phi) is 5.63. The second-order valence-electron chi connectivity index (χ2n) is 5.19. The molecule has 3 rings (SSSR count). The molecule has 1 N–H and O–H groups in total. The first-order chi connectivity index (χ1) is 12.5. The molecule has 1 amide bonds. The summed E-state index contributed by atoms with van der Waals surface area (Å²) in [6.45, 7) is 0. The van der Waals surface area contributed by atoms with E-state index in [2.05, 4.69) is 26.2 Å². The molecule has 0 radical (unpaired) electrons. The quantitative estimate of drug-likeness (QED) is 0.716. The topological polar surface area (TPSA) is 59.9 Å². The molecule has 0 aromatic heterocycles. The van der Waals surface area contributed by atoms with E-state index in [9.17, 15) is 9.18 Å². The zero-order chi connectivity index (χ0) is 18.7. The van der Waals surface area contributed by atoms with E-state index in [1.807, 2.05) is 6.07 Å². The van der Waals surface area contributed by atoms with Crippen LogP contribution in [0.3, 0.4) is 0 Å². The van der Waals surface area contributed by atoms with E-state index in [1.165, 1.54) is 23.9 Å². The minimum absolute atomic E-state index is 0.259. The lowest BCUT2D eigenvalue weighted by molar-refractivity contribution is -0.115. The summed E-state index contributed by atoms with van der Waals surface area (Å²) in [7, 11) is 3.12. The van der Waals surface area contributed by atoms with Crippen molar-refractivity contribution in [2.24, 2.45) is 4.99 Å². The summed E-state index contributed by atoms with van der Waals surface area (Å²) < 4.78 is 24.3. The van der Waals surface area contributed by atoms with Gasteiger partial charge >= 0.3 is 0 Å². The Morgan fingerprint density at radius 3 is 2.50 bits per heavy atom. The summed E-state index contributed by atoms with van der Waals surface area (Å²) in [6, 6.07) is 9.27. The van der Waals surface area contributed by atoms with Gasteiger partial charge in [-0.1, -0.05) is 0 Å². The van der Waals surface area contributed by atoms with Crippen molar-refractivity contribution in [2.75, 3.05) is 14.2 Å². The fourth-order valence-corrected chi connectivity index (χ4v) is 3.61. The second kappa shape index (κ2) is 7.92. The molecule has 5 nitrogen and oxygen atoms in total. The van der Waals surface area contributed by atoms with Gasteiger partial charge in [0.15, 0.2) is 5.17 Å². The van der Waals surface area contributed by atoms with Crippen LogP contribution in [0.1, 0.15) is 5.56 Å². The number of halogens is 2. The fourth-order valence-electron chi connectivity index (χ4n) is 2.25. The standard InChI is InChI=1S/C18H14BrFN2O3S/c1-24-14-9-15(25-2)13(19)7-10(14)8-16-17(23)22-18(26-16)21-12-5-3-11(20)4-6-12/h3-9H,1-2H3,(H,21,22,23)/b16-8-. The molecule has 134 valence electrons. The predicted octanol–water partition coefficient (Wildman–Crippen LogP) is 4.50. The highest BCUT2D eigenvalue weighted by Gasteiger charge is 2.24. The van der Waals surface area contributed by atoms with E-state index < -0.39 is 0 Å². The lowest BCUT2D eigenvalue weighted by atomic mass is 10.1. The Morgan fingerprint density at radius 2 is 1.85 bits per heavy atom. The van der Waals surface area contributed by atoms with Crippen molar-refractivity contribution in [2.45, 2.75) is 0 Å². The normalized spacial score (nSPS) is 16.8. The number of carbonyl (C=O) groups excluding carboxylic acids is 1. The van der Waals surface area contributed by atoms with Crippen molar-refractivity contribution in [3.63, 3.8) is 0 Å². The molecule has 1 fully saturated rings. The van der Waals surface area contributed by atoms with Crippen molar-refractivity contribution < 1.29 is 18.7 Å². The van der Waals surface area contributed by atoms with Gasteiger partial charge in [0.1, 0.15) is 17.3 Å². The Labute approximate surface area is 162 Å². The van der Waals surface area contributed by atoms with Crippen LogP contribution in [0.15, 0.2) is 50.8 Å². The Morgan fingerprint density at radius 1 is 1.15 bits per heavy atom. The number of hydrogen-bond donors (Lipinski definition) is 1. The molecule has 1 aliphatic rings. The smallest absolute Gasteiger partial charge is 0.264 e. The molecule has 0 bridgehead atoms. The SMILES string of the molecule is COc1cc(OC)c(/C=C2\SC(=Nc3ccc(F)cc3)NC2=O)cc1Br. The molecule has 0 aliphatic carbocycles. The second-order valence-corrected chi connectivity index (χ2v) is 7.07. The maximum absolute atomic E-state index is 13.0. The molecule has 1 heterocycles. The highest BCUT2D eigenvalue weighted by molar-refractivity contribution is 9.10. The molecule has 0 spiro atoms. The highest BCUT2D eigenvalue weighted by Crippen LogP contribution is 2.36. The first kappa shape index (κ1) is 18.5. The number of thioether (sulfide) groups is 1. The maximum Gasteiger partial charge on any atom is 0.264 e. The van der Waals surface area contributed by atoms with Crippen LogP contribution in [-0.2, 0) is 4.79 Å². The molecular weight excluding hydrogens is 423 g/mol. The number of nitrogens with zero attached hydrogens (tertiary/aromatic N) is 1. The number of methoxy groups -OCH3 is 2. The van der Waals surface area contributed by atoms with Crippen LogP contribution in [0, 0.1) is 5.82 Å². The molecule has 0 atom stereocenters. The predicted molar refractivity (Wildman–Crippen MR) is 104 cm³/mol. The van der Waals surface area contributed by atoms with Crippen molar-refractivity contribution in [3.8, 4) is 11.5 Å². The van der Waals surface area contributed by atoms with Crippen LogP contribution < -0.4 is 14.8 Å². The molecular formula is C18H14BrFN2O3S. The number of rotatable bonds is 4. The summed E-state index contributed by atoms with van der Waals surface area (Å²) in [5.41, 5.74) is 1.28. The minimum atomic E-state index is -0.338. The number of nitrogens with one attached hydrogen (secondary N) is 1. The van der Waals surface area contributed by atoms with Crippen LogP contribution in [0.2, 0.25) is 0 Å². The molecule has 1 saturated heterocycles. The number of aliphatic imine (C=N–C) groups is 1. The van der Waals surface area contributed by atoms with E-state index >= 15 is 0 Å². The average Bonchev–Trinajstić information content (AvgIpc) is 2.96. The Hall–Kier alpha value is -2.32. The summed E-state index contributed by atoms with van der Waals surface area (Å²) >= 11 is 4.63. The van der Waals surface area contributed by atoms with E-state index in [-0.39, 0.29) is 11.7 Å². The van der Waals surface area contributed by atoms with Gasteiger partial charge < -0.3 is 14.8 Å². The molecule has 0 saturated carbocycles. The van der Waals surface area contributed by atoms with Gasteiger partial charge in [0.05, 0.1) is 29.3 Å². The van der Waals surface area contributed by atoms with Crippen LogP contribution >= 0.6 is 27.7 Å². The minimum Gasteiger partial charge on any atom is -0.496 e. The maximum atomic E-state index is 13.0. The lowest BCUT2D eigenvalue weighted by Crippen LogP contribution is -2.19. The van der Waals surface area contributed by atoms with Crippen LogP contribution in [0.4, 0.5) is 10.1 Å². The van der Waals surface area contributed by atoms with Crippen molar-refractivity contribution in [1.82, 2.24) is 5.32 Å². The van der Waals surface area contributed by atoms with Crippen molar-refractivity contribution in [1.29, 1.82) is 0 Å². The monoisotopic (exact) mass is 436 g/mol. The van der Waals surface area contributed by atoms with Crippen molar-refractivity contribution in [3.05, 3.63) is 57.2 Å². The Bertz CT molecular complexity index is 913. The van der Waals surface area contributed by atoms with Gasteiger partial charge in [-0.15, -0.1) is 0 Å². The highest BCUT2D eigenvalue weighted by atomic mass is 79.9. The van der Waals surface area contributed by atoms with E-state index in [0.29, 0.717) is 27.3 Å². The third kappa shape index (κ3) is 4.08. The molecule has 0 unspecified atom stereocenters. The molecule has 2 aromatic carbocycles. The number of amides is 1. The van der Waals surface area contributed by atoms with Crippen LogP contribution in [0.25, 0.3) is 6.08 Å². The fraction of sp³-hybridized carbons (Fsp3) is 0.111. The van der Waals surface area contributed by atoms with Gasteiger partial charge in [0.2, 0.25) is 0 Å². The van der Waals surface area contributed by atoms with Crippen molar-refractivity contribution >= 4 is 50.5 Å². The molecule has 8 heteroatoms. The van der Waals surface area contributed by atoms with Gasteiger partial charge in [0, 0.05) is 11.6 Å². The third-order valence-corrected chi connectivity index (χ3v) is 5.03. The first-order valence-electron chi connectivity index (χ1n) is 7.47. The van der Waals surface area contributed by atoms with Crippen LogP contribution in [0.5, 0.6) is 11.5 Å². The van der Waals surface area contributed by atoms with Gasteiger partial charge in [0.25, 0.3) is 5.91 Å². The third-order valence-electron chi connectivity index (χ3n) is 3.50. The summed E-state index contributed by atoms with van der Waals surface area (Å²) in [4.78, 5) is 17.0. The Balaban J connectivity index is 1.89. The summed E-state index contributed by atoms with van der Waals surface area (Å²) in [6.07, 6.45) is 1.72. The van der Waals surface area contributed by atoms with Gasteiger partial charge in [-0.05, 0) is 64.1 Å². The zero-order valence-corrected chi connectivity index (χ0v) is 16.3. The van der Waals surface area contributed by atoms with Gasteiger partial charge in [-0.2, -0.15) is 0 Å². The molecule has 2 aromatic rings. The largest absolute Gasteiger partial charge is 0.496 e. The summed E-state index contributed by atoms with van der Waals surface area (Å²) in [5.74, 6) is 0.612. The molecule has 26 heavy (non-hydrogen) atoms. The van der Waals surface area contributed by atoms with E-state index in [1.54, 1.807) is 38.5 Å². The van der Waals surface area contributed by atoms with Gasteiger partial charge in [-0.3, -0.25) is 4.79 Å². The summed E-state index contributed by atoms with van der Waals surface area (Å²) in [5, 5.41) is 3.13. The van der Waals surface area contributed by atoms with Crippen LogP contribution in [-0.4, -0.2) is 25.3 Å². The number of ether oxygens (including phenoxy) is 2. The lowest BCUT2D eigenvalue weighted by Gasteiger charge is -2.10. The van der Waals surface area contributed by atoms with Gasteiger partial charge in [-0.25, -0.2) is 9.38 Å². The number of amidine groups is 1.